The average Bonchev–Trinajstić information content (AvgIpc) is 3.26. The second-order valence-electron chi connectivity index (χ2n) is 10.7. The predicted octanol–water partition coefficient (Wildman–Crippen LogP) is 3.57. The molecule has 1 saturated carbocycles. The van der Waals surface area contributed by atoms with Crippen LogP contribution >= 0.6 is 7.52 Å². The van der Waals surface area contributed by atoms with Gasteiger partial charge < -0.3 is 29.0 Å². The normalized spacial score (nSPS) is 18.0. The lowest BCUT2D eigenvalue weighted by Gasteiger charge is -2.33. The Morgan fingerprint density at radius 3 is 2.51 bits per heavy atom. The van der Waals surface area contributed by atoms with E-state index >= 15 is 0 Å². The Hall–Kier alpha value is -2.60. The number of imidazole rings is 1. The molecule has 3 N–H and O–H groups in total. The zero-order valence-electron chi connectivity index (χ0n) is 23.6. The van der Waals surface area contributed by atoms with E-state index in [0.29, 0.717) is 17.7 Å². The zero-order chi connectivity index (χ0) is 28.8. The highest BCUT2D eigenvalue weighted by Gasteiger charge is 2.41. The number of carbonyl (C=O) groups is 2. The molecule has 1 aliphatic carbocycles. The summed E-state index contributed by atoms with van der Waals surface area (Å²) in [7, 11) is -3.95. The number of nitrogens with two attached hydrogens (primary N) is 1. The van der Waals surface area contributed by atoms with Crippen molar-refractivity contribution < 1.29 is 32.9 Å². The SMILES string of the molecule is CC(C)OC(=O)[C@H](C)O[P@](=O)(CO[C@H](C)Cn1cnc2c(N)ncnc21)NC(C)(C)C(=O)OC1CCCCC1. The molecule has 0 saturated heterocycles. The highest BCUT2D eigenvalue weighted by atomic mass is 31.2. The molecule has 2 aromatic rings. The molecule has 39 heavy (non-hydrogen) atoms. The van der Waals surface area contributed by atoms with Gasteiger partial charge in [-0.05, 0) is 67.2 Å². The van der Waals surface area contributed by atoms with Crippen LogP contribution in [0.3, 0.4) is 0 Å². The van der Waals surface area contributed by atoms with E-state index in [2.05, 4.69) is 20.0 Å². The highest BCUT2D eigenvalue weighted by Crippen LogP contribution is 2.46. The van der Waals surface area contributed by atoms with E-state index in [1.165, 1.54) is 13.3 Å². The predicted molar refractivity (Wildman–Crippen MR) is 145 cm³/mol. The number of esters is 2. The van der Waals surface area contributed by atoms with Crippen molar-refractivity contribution in [3.63, 3.8) is 0 Å². The Labute approximate surface area is 229 Å². The summed E-state index contributed by atoms with van der Waals surface area (Å²) < 4.78 is 38.4. The van der Waals surface area contributed by atoms with Crippen LogP contribution in [0.25, 0.3) is 11.2 Å². The first-order valence-corrected chi connectivity index (χ1v) is 15.1. The molecule has 2 heterocycles. The van der Waals surface area contributed by atoms with Gasteiger partial charge in [0.25, 0.3) is 7.52 Å². The summed E-state index contributed by atoms with van der Waals surface area (Å²) in [6.07, 6.45) is 5.01. The van der Waals surface area contributed by atoms with Gasteiger partial charge in [-0.2, -0.15) is 0 Å². The number of nitrogen functional groups attached to an aromatic ring is 1. The highest BCUT2D eigenvalue weighted by molar-refractivity contribution is 7.56. The van der Waals surface area contributed by atoms with E-state index in [1.54, 1.807) is 45.5 Å². The van der Waals surface area contributed by atoms with Gasteiger partial charge in [0.15, 0.2) is 17.6 Å². The van der Waals surface area contributed by atoms with Crippen LogP contribution in [0.4, 0.5) is 5.82 Å². The second-order valence-corrected chi connectivity index (χ2v) is 12.8. The summed E-state index contributed by atoms with van der Waals surface area (Å²) in [6, 6.07) is 0. The first-order valence-electron chi connectivity index (χ1n) is 13.3. The number of aromatic nitrogens is 4. The molecule has 0 aromatic carbocycles. The molecule has 2 aromatic heterocycles. The summed E-state index contributed by atoms with van der Waals surface area (Å²) in [5.74, 6) is -0.963. The third-order valence-corrected chi connectivity index (χ3v) is 8.26. The van der Waals surface area contributed by atoms with Crippen LogP contribution in [-0.4, -0.2) is 67.8 Å². The van der Waals surface area contributed by atoms with E-state index in [9.17, 15) is 14.2 Å². The molecule has 218 valence electrons. The number of hydrogen-bond donors (Lipinski definition) is 2. The molecule has 3 rings (SSSR count). The molecular weight excluding hydrogens is 527 g/mol. The summed E-state index contributed by atoms with van der Waals surface area (Å²) in [4.78, 5) is 37.9. The number of anilines is 1. The second kappa shape index (κ2) is 13.2. The lowest BCUT2D eigenvalue weighted by molar-refractivity contribution is -0.156. The number of nitrogens with zero attached hydrogens (tertiary/aromatic N) is 4. The van der Waals surface area contributed by atoms with Crippen molar-refractivity contribution in [1.82, 2.24) is 24.6 Å². The minimum absolute atomic E-state index is 0.174. The minimum Gasteiger partial charge on any atom is -0.461 e. The molecule has 3 atom stereocenters. The molecule has 14 heteroatoms. The van der Waals surface area contributed by atoms with Gasteiger partial charge in [-0.1, -0.05) is 6.42 Å². The minimum atomic E-state index is -3.95. The van der Waals surface area contributed by atoms with E-state index < -0.39 is 43.6 Å². The van der Waals surface area contributed by atoms with Crippen molar-refractivity contribution in [2.45, 2.75) is 110 Å². The van der Waals surface area contributed by atoms with E-state index in [0.717, 1.165) is 32.1 Å². The maximum absolute atomic E-state index is 14.1. The number of hydrogen-bond acceptors (Lipinski definition) is 11. The molecule has 0 spiro atoms. The van der Waals surface area contributed by atoms with Crippen LogP contribution in [-0.2, 0) is 39.4 Å². The number of ether oxygens (including phenoxy) is 3. The van der Waals surface area contributed by atoms with Crippen molar-refractivity contribution in [1.29, 1.82) is 0 Å². The fourth-order valence-corrected chi connectivity index (χ4v) is 6.42. The standard InChI is InChI=1S/C25H41N6O7P/c1-16(2)36-23(32)18(4)38-39(34,30-25(5,6)24(33)37-19-10-8-7-9-11-19)15-35-17(3)12-31-14-29-20-21(26)27-13-28-22(20)31/h13-14,16-19H,7-12,15H2,1-6H3,(H,30,34)(H2,26,27,28)/t17-,18+,39-/m1/s1. The fourth-order valence-electron chi connectivity index (χ4n) is 4.26. The van der Waals surface area contributed by atoms with Crippen LogP contribution in [0.5, 0.6) is 0 Å². The largest absolute Gasteiger partial charge is 0.461 e. The van der Waals surface area contributed by atoms with Crippen LogP contribution in [0, 0.1) is 0 Å². The van der Waals surface area contributed by atoms with Gasteiger partial charge >= 0.3 is 11.9 Å². The Balaban J connectivity index is 1.72. The smallest absolute Gasteiger partial charge is 0.335 e. The van der Waals surface area contributed by atoms with Gasteiger partial charge in [-0.25, -0.2) is 24.8 Å². The lowest BCUT2D eigenvalue weighted by Crippen LogP contribution is -2.48. The number of rotatable bonds is 13. The first kappa shape index (κ1) is 30.9. The van der Waals surface area contributed by atoms with Crippen molar-refractivity contribution in [2.24, 2.45) is 0 Å². The molecule has 0 amide bonds. The molecule has 0 unspecified atom stereocenters. The van der Waals surface area contributed by atoms with Gasteiger partial charge in [0.05, 0.1) is 25.1 Å². The van der Waals surface area contributed by atoms with Gasteiger partial charge in [-0.3, -0.25) is 9.36 Å². The summed E-state index contributed by atoms with van der Waals surface area (Å²) >= 11 is 0. The molecule has 1 aliphatic rings. The number of nitrogens with one attached hydrogen (secondary N) is 1. The van der Waals surface area contributed by atoms with Crippen molar-refractivity contribution >= 4 is 36.4 Å². The van der Waals surface area contributed by atoms with Crippen molar-refractivity contribution in [3.05, 3.63) is 12.7 Å². The van der Waals surface area contributed by atoms with Gasteiger partial charge in [0.1, 0.15) is 29.8 Å². The molecule has 0 radical (unpaired) electrons. The Morgan fingerprint density at radius 1 is 1.15 bits per heavy atom. The van der Waals surface area contributed by atoms with Gasteiger partial charge in [-0.15, -0.1) is 0 Å². The fraction of sp³-hybridized carbons (Fsp3) is 0.720. The maximum atomic E-state index is 14.1. The molecule has 0 aliphatic heterocycles. The van der Waals surface area contributed by atoms with Gasteiger partial charge in [0.2, 0.25) is 0 Å². The Morgan fingerprint density at radius 2 is 1.85 bits per heavy atom. The van der Waals surface area contributed by atoms with E-state index in [1.807, 2.05) is 0 Å². The summed E-state index contributed by atoms with van der Waals surface area (Å²) in [6.45, 7) is 10.1. The van der Waals surface area contributed by atoms with Crippen LogP contribution in [0.2, 0.25) is 0 Å². The molecule has 13 nitrogen and oxygen atoms in total. The molecule has 1 fully saturated rings. The van der Waals surface area contributed by atoms with Crippen LogP contribution < -0.4 is 10.8 Å². The lowest BCUT2D eigenvalue weighted by atomic mass is 9.97. The third-order valence-electron chi connectivity index (χ3n) is 6.21. The number of carbonyl (C=O) groups excluding carboxylic acids is 2. The van der Waals surface area contributed by atoms with Crippen molar-refractivity contribution in [3.8, 4) is 0 Å². The van der Waals surface area contributed by atoms with Crippen LogP contribution in [0.15, 0.2) is 12.7 Å². The molecular formula is C25H41N6O7P. The quantitative estimate of drug-likeness (QED) is 0.266. The molecule has 0 bridgehead atoms. The average molecular weight is 569 g/mol. The summed E-state index contributed by atoms with van der Waals surface area (Å²) in [5.41, 5.74) is 5.49. The van der Waals surface area contributed by atoms with Crippen LogP contribution in [0.1, 0.15) is 73.6 Å². The van der Waals surface area contributed by atoms with Gasteiger partial charge in [0, 0.05) is 0 Å². The topological polar surface area (TPSA) is 170 Å². The van der Waals surface area contributed by atoms with Crippen molar-refractivity contribution in [2.75, 3.05) is 12.1 Å². The zero-order valence-corrected chi connectivity index (χ0v) is 24.5. The monoisotopic (exact) mass is 568 g/mol. The Bertz CT molecular complexity index is 1180. The number of fused-ring (bicyclic) bond motifs is 1. The Kier molecular flexibility index (Phi) is 10.4. The first-order chi connectivity index (χ1) is 18.3. The van der Waals surface area contributed by atoms with E-state index in [4.69, 9.17) is 24.5 Å². The van der Waals surface area contributed by atoms with E-state index in [-0.39, 0.29) is 18.0 Å². The third kappa shape index (κ3) is 8.69. The maximum Gasteiger partial charge on any atom is 0.335 e. The summed E-state index contributed by atoms with van der Waals surface area (Å²) in [5, 5.41) is 2.82.